The first kappa shape index (κ1) is 14.1. The summed E-state index contributed by atoms with van der Waals surface area (Å²) in [4.78, 5) is 15.9. The first-order valence-electron chi connectivity index (χ1n) is 6.77. The highest BCUT2D eigenvalue weighted by molar-refractivity contribution is 5.92. The van der Waals surface area contributed by atoms with Crippen LogP contribution in [0.4, 0.5) is 11.4 Å². The Morgan fingerprint density at radius 3 is 2.65 bits per heavy atom. The van der Waals surface area contributed by atoms with Crippen LogP contribution in [-0.4, -0.2) is 17.4 Å². The second-order valence-corrected chi connectivity index (χ2v) is 4.63. The van der Waals surface area contributed by atoms with Gasteiger partial charge < -0.3 is 10.6 Å². The molecule has 1 heterocycles. The molecule has 0 saturated carbocycles. The van der Waals surface area contributed by atoms with Crippen molar-refractivity contribution in [2.45, 2.75) is 20.3 Å². The number of nitrogens with zero attached hydrogens (tertiary/aromatic N) is 1. The molecule has 20 heavy (non-hydrogen) atoms. The van der Waals surface area contributed by atoms with Crippen LogP contribution >= 0.6 is 0 Å². The van der Waals surface area contributed by atoms with Gasteiger partial charge in [0.1, 0.15) is 5.69 Å². The maximum atomic E-state index is 11.7. The van der Waals surface area contributed by atoms with Gasteiger partial charge in [-0.15, -0.1) is 0 Å². The van der Waals surface area contributed by atoms with Crippen LogP contribution in [0.15, 0.2) is 42.6 Å². The molecule has 0 saturated heterocycles. The normalized spacial score (nSPS) is 10.1. The molecule has 1 aromatic heterocycles. The van der Waals surface area contributed by atoms with Gasteiger partial charge in [0.2, 0.25) is 0 Å². The average Bonchev–Trinajstić information content (AvgIpc) is 2.48. The maximum absolute atomic E-state index is 11.7. The van der Waals surface area contributed by atoms with Gasteiger partial charge in [-0.05, 0) is 37.1 Å². The molecule has 2 rings (SSSR count). The van der Waals surface area contributed by atoms with Gasteiger partial charge in [0, 0.05) is 12.2 Å². The number of aromatic nitrogens is 1. The molecule has 0 aliphatic rings. The lowest BCUT2D eigenvalue weighted by atomic mass is 10.2. The molecule has 1 aromatic carbocycles. The number of para-hydroxylation sites is 1. The van der Waals surface area contributed by atoms with E-state index in [4.69, 9.17) is 0 Å². The topological polar surface area (TPSA) is 54.0 Å². The number of hydrogen-bond donors (Lipinski definition) is 2. The molecule has 4 heteroatoms. The number of hydrogen-bond acceptors (Lipinski definition) is 3. The van der Waals surface area contributed by atoms with E-state index in [0.717, 1.165) is 23.4 Å². The second-order valence-electron chi connectivity index (χ2n) is 4.63. The standard InChI is InChI=1S/C16H19N3O/c1-3-10-17-16(20)15-9-8-13(11-18-15)19-14-7-5-4-6-12(14)2/h4-9,11,19H,3,10H2,1-2H3,(H,17,20). The number of benzene rings is 1. The third-order valence-corrected chi connectivity index (χ3v) is 2.96. The largest absolute Gasteiger partial charge is 0.354 e. The number of aryl methyl sites for hydroxylation is 1. The van der Waals surface area contributed by atoms with Gasteiger partial charge in [-0.3, -0.25) is 4.79 Å². The molecule has 104 valence electrons. The first-order chi connectivity index (χ1) is 9.70. The predicted molar refractivity (Wildman–Crippen MR) is 81.3 cm³/mol. The second kappa shape index (κ2) is 6.70. The Balaban J connectivity index is 2.05. The summed E-state index contributed by atoms with van der Waals surface area (Å²) in [5, 5.41) is 6.09. The third-order valence-electron chi connectivity index (χ3n) is 2.96. The number of amides is 1. The molecule has 0 unspecified atom stereocenters. The predicted octanol–water partition coefficient (Wildman–Crippen LogP) is 3.27. The van der Waals surface area contributed by atoms with E-state index in [0.29, 0.717) is 12.2 Å². The number of anilines is 2. The van der Waals surface area contributed by atoms with Crippen LogP contribution in [0.2, 0.25) is 0 Å². The Labute approximate surface area is 119 Å². The van der Waals surface area contributed by atoms with Crippen molar-refractivity contribution in [1.82, 2.24) is 10.3 Å². The quantitative estimate of drug-likeness (QED) is 0.876. The SMILES string of the molecule is CCCNC(=O)c1ccc(Nc2ccccc2C)cn1. The summed E-state index contributed by atoms with van der Waals surface area (Å²) < 4.78 is 0. The van der Waals surface area contributed by atoms with Gasteiger partial charge in [0.25, 0.3) is 5.91 Å². The average molecular weight is 269 g/mol. The minimum atomic E-state index is -0.130. The monoisotopic (exact) mass is 269 g/mol. The zero-order valence-electron chi connectivity index (χ0n) is 11.8. The fourth-order valence-electron chi connectivity index (χ4n) is 1.80. The summed E-state index contributed by atoms with van der Waals surface area (Å²) in [7, 11) is 0. The van der Waals surface area contributed by atoms with Gasteiger partial charge in [0.05, 0.1) is 11.9 Å². The summed E-state index contributed by atoms with van der Waals surface area (Å²) in [6, 6.07) is 11.6. The van der Waals surface area contributed by atoms with Gasteiger partial charge in [-0.1, -0.05) is 25.1 Å². The summed E-state index contributed by atoms with van der Waals surface area (Å²) >= 11 is 0. The number of carbonyl (C=O) groups excluding carboxylic acids is 1. The first-order valence-corrected chi connectivity index (χ1v) is 6.77. The van der Waals surface area contributed by atoms with E-state index >= 15 is 0 Å². The fraction of sp³-hybridized carbons (Fsp3) is 0.250. The molecule has 2 N–H and O–H groups in total. The summed E-state index contributed by atoms with van der Waals surface area (Å²) in [5.41, 5.74) is 3.51. The maximum Gasteiger partial charge on any atom is 0.269 e. The van der Waals surface area contributed by atoms with E-state index in [1.54, 1.807) is 12.3 Å². The van der Waals surface area contributed by atoms with E-state index in [1.165, 1.54) is 0 Å². The van der Waals surface area contributed by atoms with Crippen LogP contribution in [0, 0.1) is 6.92 Å². The van der Waals surface area contributed by atoms with Crippen LogP contribution in [0.5, 0.6) is 0 Å². The lowest BCUT2D eigenvalue weighted by Crippen LogP contribution is -2.24. The van der Waals surface area contributed by atoms with Crippen LogP contribution in [0.3, 0.4) is 0 Å². The van der Waals surface area contributed by atoms with Crippen molar-refractivity contribution in [3.63, 3.8) is 0 Å². The molecule has 2 aromatic rings. The lowest BCUT2D eigenvalue weighted by Gasteiger charge is -2.09. The minimum absolute atomic E-state index is 0.130. The molecule has 0 bridgehead atoms. The minimum Gasteiger partial charge on any atom is -0.354 e. The Kier molecular flexibility index (Phi) is 4.71. The van der Waals surface area contributed by atoms with Crippen molar-refractivity contribution >= 4 is 17.3 Å². The molecule has 1 amide bonds. The fourth-order valence-corrected chi connectivity index (χ4v) is 1.80. The zero-order chi connectivity index (χ0) is 14.4. The number of pyridine rings is 1. The van der Waals surface area contributed by atoms with Crippen molar-refractivity contribution in [2.75, 3.05) is 11.9 Å². The Bertz CT molecular complexity index is 579. The van der Waals surface area contributed by atoms with Crippen molar-refractivity contribution in [2.24, 2.45) is 0 Å². The molecule has 0 fully saturated rings. The molecule has 0 spiro atoms. The van der Waals surface area contributed by atoms with Crippen molar-refractivity contribution in [3.05, 3.63) is 53.9 Å². The summed E-state index contributed by atoms with van der Waals surface area (Å²) in [6.45, 7) is 4.73. The van der Waals surface area contributed by atoms with E-state index < -0.39 is 0 Å². The van der Waals surface area contributed by atoms with Crippen LogP contribution < -0.4 is 10.6 Å². The number of carbonyl (C=O) groups is 1. The number of nitrogens with one attached hydrogen (secondary N) is 2. The number of rotatable bonds is 5. The molecular formula is C16H19N3O. The molecule has 0 aliphatic heterocycles. The van der Waals surface area contributed by atoms with E-state index in [2.05, 4.69) is 15.6 Å². The van der Waals surface area contributed by atoms with Crippen molar-refractivity contribution < 1.29 is 4.79 Å². The van der Waals surface area contributed by atoms with Crippen LogP contribution in [-0.2, 0) is 0 Å². The van der Waals surface area contributed by atoms with Gasteiger partial charge in [0.15, 0.2) is 0 Å². The zero-order valence-corrected chi connectivity index (χ0v) is 11.8. The van der Waals surface area contributed by atoms with E-state index in [9.17, 15) is 4.79 Å². The molecule has 0 atom stereocenters. The Morgan fingerprint density at radius 2 is 2.00 bits per heavy atom. The van der Waals surface area contributed by atoms with Gasteiger partial charge >= 0.3 is 0 Å². The summed E-state index contributed by atoms with van der Waals surface area (Å²) in [6.07, 6.45) is 2.59. The molecule has 4 nitrogen and oxygen atoms in total. The van der Waals surface area contributed by atoms with Crippen LogP contribution in [0.25, 0.3) is 0 Å². The van der Waals surface area contributed by atoms with Crippen molar-refractivity contribution in [1.29, 1.82) is 0 Å². The highest BCUT2D eigenvalue weighted by Crippen LogP contribution is 2.19. The highest BCUT2D eigenvalue weighted by Gasteiger charge is 2.06. The smallest absolute Gasteiger partial charge is 0.269 e. The molecule has 0 radical (unpaired) electrons. The van der Waals surface area contributed by atoms with E-state index in [-0.39, 0.29) is 5.91 Å². The third kappa shape index (κ3) is 3.57. The summed E-state index contributed by atoms with van der Waals surface area (Å²) in [5.74, 6) is -0.130. The van der Waals surface area contributed by atoms with Gasteiger partial charge in [-0.25, -0.2) is 4.98 Å². The highest BCUT2D eigenvalue weighted by atomic mass is 16.1. The van der Waals surface area contributed by atoms with E-state index in [1.807, 2.05) is 44.2 Å². The molecular weight excluding hydrogens is 250 g/mol. The van der Waals surface area contributed by atoms with Gasteiger partial charge in [-0.2, -0.15) is 0 Å². The lowest BCUT2D eigenvalue weighted by molar-refractivity contribution is 0.0949. The van der Waals surface area contributed by atoms with Crippen LogP contribution in [0.1, 0.15) is 29.4 Å². The van der Waals surface area contributed by atoms with Crippen molar-refractivity contribution in [3.8, 4) is 0 Å². The Hall–Kier alpha value is -2.36. The Morgan fingerprint density at radius 1 is 1.20 bits per heavy atom. The molecule has 0 aliphatic carbocycles.